The van der Waals surface area contributed by atoms with Crippen molar-refractivity contribution in [3.05, 3.63) is 23.8 Å². The van der Waals surface area contributed by atoms with Crippen LogP contribution in [0.25, 0.3) is 0 Å². The Morgan fingerprint density at radius 1 is 1.42 bits per heavy atom. The number of carbonyl (C=O) groups excluding carboxylic acids is 1. The number of hydrogen-bond acceptors (Lipinski definition) is 2. The second-order valence-corrected chi connectivity index (χ2v) is 2.42. The maximum absolute atomic E-state index is 11.0. The fourth-order valence-electron chi connectivity index (χ4n) is 0.887. The lowest BCUT2D eigenvalue weighted by atomic mass is 10.1. The van der Waals surface area contributed by atoms with Crippen LogP contribution >= 0.6 is 0 Å². The van der Waals surface area contributed by atoms with Crippen molar-refractivity contribution in [3.63, 3.8) is 0 Å². The first-order chi connectivity index (χ1) is 5.65. The molecule has 63 valence electrons. The molecule has 0 aliphatic heterocycles. The van der Waals surface area contributed by atoms with Crippen molar-refractivity contribution in [3.8, 4) is 11.5 Å². The van der Waals surface area contributed by atoms with Gasteiger partial charge in [-0.15, -0.1) is 0 Å². The quantitative estimate of drug-likeness (QED) is 0.629. The van der Waals surface area contributed by atoms with Gasteiger partial charge in [0.25, 0.3) is 0 Å². The first-order valence-electron chi connectivity index (χ1n) is 3.51. The normalized spacial score (nSPS) is 9.50. The number of hydrogen-bond donors (Lipinski definition) is 0. The van der Waals surface area contributed by atoms with E-state index in [1.165, 1.54) is 32.2 Å². The van der Waals surface area contributed by atoms with Crippen LogP contribution in [0.1, 0.15) is 17.3 Å². The summed E-state index contributed by atoms with van der Waals surface area (Å²) in [7, 11) is 1.40. The predicted octanol–water partition coefficient (Wildman–Crippen LogP) is 2.04. The maximum Gasteiger partial charge on any atom is 0.220 e. The zero-order valence-electron chi connectivity index (χ0n) is 6.96. The van der Waals surface area contributed by atoms with E-state index in [-0.39, 0.29) is 17.3 Å². The van der Waals surface area contributed by atoms with Crippen molar-refractivity contribution >= 4 is 5.78 Å². The molecule has 1 radical (unpaired) electrons. The van der Waals surface area contributed by atoms with Gasteiger partial charge in [0.05, 0.1) is 7.11 Å². The molecule has 0 aromatic heterocycles. The highest BCUT2D eigenvalue weighted by Gasteiger charge is 2.06. The Hall–Kier alpha value is -1.51. The summed E-state index contributed by atoms with van der Waals surface area (Å²) in [4.78, 5) is 10.9. The lowest BCUT2D eigenvalue weighted by Gasteiger charge is -2.01. The van der Waals surface area contributed by atoms with Crippen LogP contribution in [0.3, 0.4) is 0 Å². The molecule has 0 aliphatic carbocycles. The van der Waals surface area contributed by atoms with Crippen LogP contribution < -0.4 is 4.74 Å². The second kappa shape index (κ2) is 3.26. The van der Waals surface area contributed by atoms with Crippen LogP contribution in [0.5, 0.6) is 11.5 Å². The Balaban J connectivity index is 3.13. The fourth-order valence-corrected chi connectivity index (χ4v) is 0.887. The average Bonchev–Trinajstić information content (AvgIpc) is 2.05. The largest absolute Gasteiger partial charge is 0.493 e. The van der Waals surface area contributed by atoms with Gasteiger partial charge in [-0.3, -0.25) is 9.90 Å². The molecule has 0 spiro atoms. The summed E-state index contributed by atoms with van der Waals surface area (Å²) in [5.74, 6) is -0.0708. The number of Topliss-reactive ketones (excluding diaryl/α,β-unsaturated/α-hetero) is 1. The molecule has 0 atom stereocenters. The third-order valence-corrected chi connectivity index (χ3v) is 1.57. The Morgan fingerprint density at radius 2 is 2.08 bits per heavy atom. The van der Waals surface area contributed by atoms with Gasteiger partial charge in [0.2, 0.25) is 5.75 Å². The summed E-state index contributed by atoms with van der Waals surface area (Å²) in [5, 5.41) is 11.0. The third-order valence-electron chi connectivity index (χ3n) is 1.57. The molecule has 3 heteroatoms. The average molecular weight is 165 g/mol. The minimum Gasteiger partial charge on any atom is -0.493 e. The van der Waals surface area contributed by atoms with Crippen molar-refractivity contribution in [2.24, 2.45) is 0 Å². The maximum atomic E-state index is 11.0. The molecule has 0 aliphatic rings. The van der Waals surface area contributed by atoms with Gasteiger partial charge in [-0.25, -0.2) is 0 Å². The molecule has 0 unspecified atom stereocenters. The van der Waals surface area contributed by atoms with E-state index in [1.54, 1.807) is 0 Å². The zero-order valence-corrected chi connectivity index (χ0v) is 6.96. The molecular weight excluding hydrogens is 156 g/mol. The molecule has 0 fully saturated rings. The molecule has 0 heterocycles. The number of rotatable bonds is 2. The molecule has 0 amide bonds. The molecule has 1 aromatic carbocycles. The van der Waals surface area contributed by atoms with Crippen molar-refractivity contribution < 1.29 is 14.6 Å². The van der Waals surface area contributed by atoms with E-state index < -0.39 is 0 Å². The standard InChI is InChI=1S/C9H9O3/c1-6(10)7-3-4-8(11)9(5-7)12-2/h3-5H,1-2H3. The lowest BCUT2D eigenvalue weighted by Crippen LogP contribution is -1.92. The molecule has 1 rings (SSSR count). The van der Waals surface area contributed by atoms with E-state index in [4.69, 9.17) is 4.74 Å². The number of ketones is 1. The molecule has 12 heavy (non-hydrogen) atoms. The third kappa shape index (κ3) is 1.56. The van der Waals surface area contributed by atoms with E-state index in [9.17, 15) is 9.90 Å². The van der Waals surface area contributed by atoms with Crippen LogP contribution in [0.4, 0.5) is 0 Å². The van der Waals surface area contributed by atoms with Crippen molar-refractivity contribution in [2.45, 2.75) is 6.92 Å². The molecule has 0 saturated heterocycles. The monoisotopic (exact) mass is 165 g/mol. The molecule has 1 aromatic rings. The second-order valence-electron chi connectivity index (χ2n) is 2.42. The lowest BCUT2D eigenvalue weighted by molar-refractivity contribution is 0.101. The Labute approximate surface area is 70.6 Å². The Kier molecular flexibility index (Phi) is 2.33. The first kappa shape index (κ1) is 8.59. The van der Waals surface area contributed by atoms with Crippen molar-refractivity contribution in [1.29, 1.82) is 0 Å². The highest BCUT2D eigenvalue weighted by molar-refractivity contribution is 5.94. The van der Waals surface area contributed by atoms with Crippen molar-refractivity contribution in [2.75, 3.05) is 7.11 Å². The Bertz CT molecular complexity index is 305. The van der Waals surface area contributed by atoms with Crippen molar-refractivity contribution in [1.82, 2.24) is 0 Å². The Morgan fingerprint density at radius 3 is 2.58 bits per heavy atom. The molecule has 0 saturated carbocycles. The molecule has 3 nitrogen and oxygen atoms in total. The molecule has 0 N–H and O–H groups in total. The highest BCUT2D eigenvalue weighted by atomic mass is 16.5. The van der Waals surface area contributed by atoms with E-state index in [2.05, 4.69) is 0 Å². The summed E-state index contributed by atoms with van der Waals surface area (Å²) in [5.41, 5.74) is 0.492. The van der Waals surface area contributed by atoms with E-state index in [1.807, 2.05) is 0 Å². The first-order valence-corrected chi connectivity index (χ1v) is 3.51. The van der Waals surface area contributed by atoms with Gasteiger partial charge in [-0.2, -0.15) is 0 Å². The van der Waals surface area contributed by atoms with Crippen LogP contribution in [-0.4, -0.2) is 12.9 Å². The van der Waals surface area contributed by atoms with Gasteiger partial charge in [0, 0.05) is 5.56 Å². The molecular formula is C9H9O3. The minimum absolute atomic E-state index is 0.0756. The topological polar surface area (TPSA) is 46.2 Å². The van der Waals surface area contributed by atoms with Crippen LogP contribution in [0.15, 0.2) is 18.2 Å². The summed E-state index contributed by atoms with van der Waals surface area (Å²) in [6, 6.07) is 4.27. The zero-order chi connectivity index (χ0) is 9.14. The number of carbonyl (C=O) groups is 1. The number of ether oxygens (including phenoxy) is 1. The fraction of sp³-hybridized carbons (Fsp3) is 0.222. The van der Waals surface area contributed by atoms with Crippen LogP contribution in [0.2, 0.25) is 0 Å². The van der Waals surface area contributed by atoms with Gasteiger partial charge < -0.3 is 4.74 Å². The number of methoxy groups -OCH3 is 1. The van der Waals surface area contributed by atoms with E-state index in [0.717, 1.165) is 0 Å². The van der Waals surface area contributed by atoms with Crippen LogP contribution in [0, 0.1) is 0 Å². The molecule has 0 bridgehead atoms. The summed E-state index contributed by atoms with van der Waals surface area (Å²) < 4.78 is 4.77. The smallest absolute Gasteiger partial charge is 0.220 e. The van der Waals surface area contributed by atoms with Gasteiger partial charge in [0.1, 0.15) is 0 Å². The van der Waals surface area contributed by atoms with Gasteiger partial charge in [0.15, 0.2) is 11.5 Å². The highest BCUT2D eigenvalue weighted by Crippen LogP contribution is 2.26. The number of benzene rings is 1. The predicted molar refractivity (Wildman–Crippen MR) is 43.1 cm³/mol. The van der Waals surface area contributed by atoms with E-state index >= 15 is 0 Å². The summed E-state index contributed by atoms with van der Waals surface area (Å²) in [6.07, 6.45) is 0. The summed E-state index contributed by atoms with van der Waals surface area (Å²) >= 11 is 0. The van der Waals surface area contributed by atoms with Gasteiger partial charge in [-0.05, 0) is 25.1 Å². The SMILES string of the molecule is COc1cc(C(C)=O)ccc1[O]. The van der Waals surface area contributed by atoms with Gasteiger partial charge in [-0.1, -0.05) is 0 Å². The van der Waals surface area contributed by atoms with Gasteiger partial charge >= 0.3 is 0 Å². The summed E-state index contributed by atoms with van der Waals surface area (Å²) in [6.45, 7) is 1.44. The minimum atomic E-state index is -0.206. The van der Waals surface area contributed by atoms with Crippen LogP contribution in [-0.2, 0) is 5.11 Å². The van der Waals surface area contributed by atoms with E-state index in [0.29, 0.717) is 5.56 Å².